The van der Waals surface area contributed by atoms with E-state index in [9.17, 15) is 4.79 Å². The van der Waals surface area contributed by atoms with E-state index < -0.39 is 5.97 Å². The molecule has 0 fully saturated rings. The number of hydrogen-bond donors (Lipinski definition) is 2. The summed E-state index contributed by atoms with van der Waals surface area (Å²) in [5.41, 5.74) is 6.68. The van der Waals surface area contributed by atoms with Gasteiger partial charge in [0.2, 0.25) is 5.95 Å². The molecule has 2 aromatic rings. The van der Waals surface area contributed by atoms with Gasteiger partial charge in [-0.25, -0.2) is 14.8 Å². The monoisotopic (exact) mass is 215 g/mol. The second-order valence-electron chi connectivity index (χ2n) is 3.15. The predicted molar refractivity (Wildman–Crippen MR) is 58.8 cm³/mol. The number of nitrogens with two attached hydrogens (primary N) is 1. The van der Waals surface area contributed by atoms with Crippen LogP contribution in [-0.4, -0.2) is 21.0 Å². The predicted octanol–water partition coefficient (Wildman–Crippen LogP) is 1.42. The standard InChI is InChI=1S/C11H9N3O2/c12-11-13-6-5-9(14-11)7-3-1-2-4-8(7)10(15)16/h1-6H,(H,15,16)(H2,12,13,14). The van der Waals surface area contributed by atoms with Crippen molar-refractivity contribution in [1.29, 1.82) is 0 Å². The van der Waals surface area contributed by atoms with Crippen molar-refractivity contribution in [3.05, 3.63) is 42.1 Å². The Morgan fingerprint density at radius 2 is 2.00 bits per heavy atom. The fourth-order valence-electron chi connectivity index (χ4n) is 1.42. The second-order valence-corrected chi connectivity index (χ2v) is 3.15. The minimum atomic E-state index is -0.993. The molecule has 5 nitrogen and oxygen atoms in total. The molecule has 0 aliphatic carbocycles. The van der Waals surface area contributed by atoms with E-state index >= 15 is 0 Å². The van der Waals surface area contributed by atoms with Gasteiger partial charge in [-0.2, -0.15) is 0 Å². The molecule has 0 atom stereocenters. The summed E-state index contributed by atoms with van der Waals surface area (Å²) in [4.78, 5) is 18.8. The van der Waals surface area contributed by atoms with Gasteiger partial charge in [0.15, 0.2) is 0 Å². The zero-order valence-corrected chi connectivity index (χ0v) is 8.29. The summed E-state index contributed by atoms with van der Waals surface area (Å²) in [6.07, 6.45) is 1.50. The molecule has 1 aromatic heterocycles. The molecule has 0 spiro atoms. The molecule has 0 saturated carbocycles. The summed E-state index contributed by atoms with van der Waals surface area (Å²) in [5, 5.41) is 9.02. The molecule has 0 radical (unpaired) electrons. The van der Waals surface area contributed by atoms with Gasteiger partial charge in [-0.3, -0.25) is 0 Å². The van der Waals surface area contributed by atoms with Crippen LogP contribution in [0.15, 0.2) is 36.5 Å². The molecule has 0 saturated heterocycles. The first-order valence-corrected chi connectivity index (χ1v) is 4.59. The highest BCUT2D eigenvalue weighted by Gasteiger charge is 2.11. The maximum Gasteiger partial charge on any atom is 0.336 e. The van der Waals surface area contributed by atoms with Gasteiger partial charge in [0, 0.05) is 11.8 Å². The summed E-state index contributed by atoms with van der Waals surface area (Å²) in [7, 11) is 0. The molecule has 0 aliphatic heterocycles. The van der Waals surface area contributed by atoms with Crippen molar-refractivity contribution >= 4 is 11.9 Å². The lowest BCUT2D eigenvalue weighted by atomic mass is 10.0. The number of rotatable bonds is 2. The van der Waals surface area contributed by atoms with Crippen LogP contribution in [0.2, 0.25) is 0 Å². The van der Waals surface area contributed by atoms with Gasteiger partial charge in [0.25, 0.3) is 0 Å². The number of aromatic nitrogens is 2. The maximum absolute atomic E-state index is 11.0. The number of hydrogen-bond acceptors (Lipinski definition) is 4. The molecule has 0 unspecified atom stereocenters. The molecule has 0 aliphatic rings. The number of carboxylic acid groups (broad SMARTS) is 1. The third-order valence-corrected chi connectivity index (χ3v) is 2.11. The zero-order chi connectivity index (χ0) is 11.5. The average Bonchev–Trinajstić information content (AvgIpc) is 2.29. The Morgan fingerprint density at radius 3 is 2.69 bits per heavy atom. The number of benzene rings is 1. The highest BCUT2D eigenvalue weighted by atomic mass is 16.4. The minimum Gasteiger partial charge on any atom is -0.478 e. The number of carboxylic acids is 1. The van der Waals surface area contributed by atoms with Crippen molar-refractivity contribution in [1.82, 2.24) is 9.97 Å². The van der Waals surface area contributed by atoms with Crippen LogP contribution in [0, 0.1) is 0 Å². The fraction of sp³-hybridized carbons (Fsp3) is 0. The van der Waals surface area contributed by atoms with Gasteiger partial charge in [0.1, 0.15) is 0 Å². The van der Waals surface area contributed by atoms with Crippen molar-refractivity contribution in [3.63, 3.8) is 0 Å². The van der Waals surface area contributed by atoms with Crippen molar-refractivity contribution < 1.29 is 9.90 Å². The fourth-order valence-corrected chi connectivity index (χ4v) is 1.42. The van der Waals surface area contributed by atoms with Crippen LogP contribution in [0.3, 0.4) is 0 Å². The summed E-state index contributed by atoms with van der Waals surface area (Å²) >= 11 is 0. The summed E-state index contributed by atoms with van der Waals surface area (Å²) in [5.74, 6) is -0.870. The summed E-state index contributed by atoms with van der Waals surface area (Å²) in [6.45, 7) is 0. The van der Waals surface area contributed by atoms with Crippen molar-refractivity contribution in [2.45, 2.75) is 0 Å². The van der Waals surface area contributed by atoms with Gasteiger partial charge < -0.3 is 10.8 Å². The number of carbonyl (C=O) groups is 1. The molecule has 5 heteroatoms. The normalized spacial score (nSPS) is 10.0. The third kappa shape index (κ3) is 1.83. The molecule has 3 N–H and O–H groups in total. The Hall–Kier alpha value is -2.43. The van der Waals surface area contributed by atoms with E-state index in [2.05, 4.69) is 9.97 Å². The molecule has 0 bridgehead atoms. The van der Waals surface area contributed by atoms with Gasteiger partial charge in [-0.05, 0) is 12.1 Å². The van der Waals surface area contributed by atoms with Crippen LogP contribution >= 0.6 is 0 Å². The molecule has 1 aromatic carbocycles. The zero-order valence-electron chi connectivity index (χ0n) is 8.29. The first kappa shape index (κ1) is 10.1. The Bertz CT molecular complexity index is 540. The van der Waals surface area contributed by atoms with Crippen molar-refractivity contribution in [2.24, 2.45) is 0 Å². The number of nitrogen functional groups attached to an aromatic ring is 1. The van der Waals surface area contributed by atoms with Gasteiger partial charge in [0.05, 0.1) is 11.3 Å². The average molecular weight is 215 g/mol. The van der Waals surface area contributed by atoms with E-state index in [1.54, 1.807) is 24.3 Å². The smallest absolute Gasteiger partial charge is 0.336 e. The molecular weight excluding hydrogens is 206 g/mol. The SMILES string of the molecule is Nc1nccc(-c2ccccc2C(=O)O)n1. The van der Waals surface area contributed by atoms with E-state index in [0.717, 1.165) is 0 Å². The van der Waals surface area contributed by atoms with Crippen molar-refractivity contribution in [3.8, 4) is 11.3 Å². The third-order valence-electron chi connectivity index (χ3n) is 2.11. The van der Waals surface area contributed by atoms with Crippen LogP contribution < -0.4 is 5.73 Å². The van der Waals surface area contributed by atoms with Crippen LogP contribution in [0.5, 0.6) is 0 Å². The van der Waals surface area contributed by atoms with Crippen LogP contribution in [0.4, 0.5) is 5.95 Å². The Kier molecular flexibility index (Phi) is 2.51. The Morgan fingerprint density at radius 1 is 1.25 bits per heavy atom. The molecule has 16 heavy (non-hydrogen) atoms. The van der Waals surface area contributed by atoms with E-state index in [1.807, 2.05) is 0 Å². The highest BCUT2D eigenvalue weighted by Crippen LogP contribution is 2.21. The summed E-state index contributed by atoms with van der Waals surface area (Å²) in [6, 6.07) is 8.25. The lowest BCUT2D eigenvalue weighted by molar-refractivity contribution is 0.0697. The van der Waals surface area contributed by atoms with E-state index in [0.29, 0.717) is 11.3 Å². The number of nitrogens with zero attached hydrogens (tertiary/aromatic N) is 2. The van der Waals surface area contributed by atoms with E-state index in [4.69, 9.17) is 10.8 Å². The summed E-state index contributed by atoms with van der Waals surface area (Å²) < 4.78 is 0. The second kappa shape index (κ2) is 3.98. The number of aromatic carboxylic acids is 1. The first-order chi connectivity index (χ1) is 7.68. The molecule has 1 heterocycles. The first-order valence-electron chi connectivity index (χ1n) is 4.59. The maximum atomic E-state index is 11.0. The lowest BCUT2D eigenvalue weighted by Gasteiger charge is -2.04. The van der Waals surface area contributed by atoms with Crippen LogP contribution in [0.25, 0.3) is 11.3 Å². The number of anilines is 1. The van der Waals surface area contributed by atoms with Gasteiger partial charge >= 0.3 is 5.97 Å². The Labute approximate surface area is 91.6 Å². The van der Waals surface area contributed by atoms with Gasteiger partial charge in [-0.1, -0.05) is 18.2 Å². The topological polar surface area (TPSA) is 89.1 Å². The largest absolute Gasteiger partial charge is 0.478 e. The van der Waals surface area contributed by atoms with E-state index in [-0.39, 0.29) is 11.5 Å². The molecular formula is C11H9N3O2. The van der Waals surface area contributed by atoms with E-state index in [1.165, 1.54) is 12.3 Å². The molecule has 2 rings (SSSR count). The Balaban J connectivity index is 2.60. The van der Waals surface area contributed by atoms with Gasteiger partial charge in [-0.15, -0.1) is 0 Å². The lowest BCUT2D eigenvalue weighted by Crippen LogP contribution is -2.01. The van der Waals surface area contributed by atoms with Crippen LogP contribution in [0.1, 0.15) is 10.4 Å². The quantitative estimate of drug-likeness (QED) is 0.790. The molecule has 80 valence electrons. The molecule has 0 amide bonds. The van der Waals surface area contributed by atoms with Crippen LogP contribution in [-0.2, 0) is 0 Å². The minimum absolute atomic E-state index is 0.123. The van der Waals surface area contributed by atoms with Crippen molar-refractivity contribution in [2.75, 3.05) is 5.73 Å². The highest BCUT2D eigenvalue weighted by molar-refractivity contribution is 5.95.